The SMILES string of the molecule is CCCCCCCCCCCC(O)CCC(CCCCC)(CC(O)CCCCCCCCCCC)C1O[C@@H](C)[C@H](O)[C@@H](O)[C@H]1O. The van der Waals surface area contributed by atoms with Crippen LogP contribution in [0.2, 0.25) is 0 Å². The summed E-state index contributed by atoms with van der Waals surface area (Å²) in [5.74, 6) is 0. The highest BCUT2D eigenvalue weighted by molar-refractivity contribution is 5.01. The Morgan fingerprint density at radius 1 is 0.489 bits per heavy atom. The van der Waals surface area contributed by atoms with Gasteiger partial charge in [-0.3, -0.25) is 0 Å². The van der Waals surface area contributed by atoms with Crippen LogP contribution < -0.4 is 0 Å². The van der Waals surface area contributed by atoms with E-state index in [1.54, 1.807) is 6.92 Å². The molecule has 5 N–H and O–H groups in total. The third-order valence-electron chi connectivity index (χ3n) is 10.6. The van der Waals surface area contributed by atoms with Crippen LogP contribution in [0, 0.1) is 5.41 Å². The van der Waals surface area contributed by atoms with Gasteiger partial charge in [-0.2, -0.15) is 0 Å². The topological polar surface area (TPSA) is 110 Å². The van der Waals surface area contributed by atoms with Crippen LogP contribution in [0.15, 0.2) is 0 Å². The summed E-state index contributed by atoms with van der Waals surface area (Å²) in [7, 11) is 0. The molecular weight excluding hydrogens is 564 g/mol. The van der Waals surface area contributed by atoms with Crippen molar-refractivity contribution < 1.29 is 30.3 Å². The fourth-order valence-electron chi connectivity index (χ4n) is 7.57. The molecule has 0 radical (unpaired) electrons. The van der Waals surface area contributed by atoms with Crippen molar-refractivity contribution in [3.8, 4) is 0 Å². The second kappa shape index (κ2) is 26.7. The molecule has 0 bridgehead atoms. The van der Waals surface area contributed by atoms with Gasteiger partial charge in [0.15, 0.2) is 0 Å². The molecule has 1 aliphatic rings. The summed E-state index contributed by atoms with van der Waals surface area (Å²) in [4.78, 5) is 0. The molecule has 270 valence electrons. The number of aliphatic hydroxyl groups is 5. The van der Waals surface area contributed by atoms with Crippen molar-refractivity contribution >= 4 is 0 Å². The molecule has 1 aliphatic heterocycles. The molecule has 0 aromatic heterocycles. The maximum absolute atomic E-state index is 11.4. The number of ether oxygens (including phenoxy) is 1. The third-order valence-corrected chi connectivity index (χ3v) is 10.6. The summed E-state index contributed by atoms with van der Waals surface area (Å²) in [6.07, 6.45) is 23.5. The molecule has 8 atom stereocenters. The Kier molecular flexibility index (Phi) is 25.4. The van der Waals surface area contributed by atoms with Gasteiger partial charge in [-0.1, -0.05) is 156 Å². The first kappa shape index (κ1) is 42.8. The molecule has 0 aliphatic carbocycles. The number of aliphatic hydroxyl groups excluding tert-OH is 5. The molecule has 45 heavy (non-hydrogen) atoms. The Bertz CT molecular complexity index is 661. The first-order valence-corrected chi connectivity index (χ1v) is 19.8. The minimum Gasteiger partial charge on any atom is -0.393 e. The number of unbranched alkanes of at least 4 members (excludes halogenated alkanes) is 18. The van der Waals surface area contributed by atoms with Gasteiger partial charge < -0.3 is 30.3 Å². The zero-order valence-electron chi connectivity index (χ0n) is 30.3. The van der Waals surface area contributed by atoms with Gasteiger partial charge in [0.05, 0.1) is 24.4 Å². The van der Waals surface area contributed by atoms with E-state index in [4.69, 9.17) is 4.74 Å². The molecule has 0 spiro atoms. The van der Waals surface area contributed by atoms with Crippen molar-refractivity contribution in [3.05, 3.63) is 0 Å². The van der Waals surface area contributed by atoms with E-state index in [9.17, 15) is 25.5 Å². The van der Waals surface area contributed by atoms with E-state index >= 15 is 0 Å². The largest absolute Gasteiger partial charge is 0.393 e. The standard InChI is InChI=1S/C39H78O6/c1-5-8-11-13-15-17-19-21-23-26-33(40)28-30-39(29-25-10-7-3,38-37(44)36(43)35(42)32(4)45-38)31-34(41)27-24-22-20-18-16-14-12-9-6-2/h32-38,40-44H,5-31H2,1-4H3/t32-,33?,34?,35-,36+,37+,38?,39?/m0/s1. The van der Waals surface area contributed by atoms with Crippen molar-refractivity contribution in [2.75, 3.05) is 0 Å². The van der Waals surface area contributed by atoms with E-state index in [0.717, 1.165) is 64.2 Å². The van der Waals surface area contributed by atoms with E-state index in [0.29, 0.717) is 19.3 Å². The fraction of sp³-hybridized carbons (Fsp3) is 1.00. The highest BCUT2D eigenvalue weighted by atomic mass is 16.5. The summed E-state index contributed by atoms with van der Waals surface area (Å²) < 4.78 is 6.32. The fourth-order valence-corrected chi connectivity index (χ4v) is 7.57. The van der Waals surface area contributed by atoms with Gasteiger partial charge in [-0.15, -0.1) is 0 Å². The smallest absolute Gasteiger partial charge is 0.111 e. The van der Waals surface area contributed by atoms with E-state index in [2.05, 4.69) is 20.8 Å². The third kappa shape index (κ3) is 18.2. The van der Waals surface area contributed by atoms with Gasteiger partial charge in [0.1, 0.15) is 18.3 Å². The van der Waals surface area contributed by atoms with Gasteiger partial charge in [0.2, 0.25) is 0 Å². The Morgan fingerprint density at radius 3 is 1.40 bits per heavy atom. The van der Waals surface area contributed by atoms with Gasteiger partial charge in [-0.05, 0) is 45.4 Å². The normalized spacial score (nSPS) is 24.9. The van der Waals surface area contributed by atoms with Gasteiger partial charge in [-0.25, -0.2) is 0 Å². The molecule has 0 aromatic carbocycles. The zero-order chi connectivity index (χ0) is 33.3. The minimum absolute atomic E-state index is 0.428. The summed E-state index contributed by atoms with van der Waals surface area (Å²) in [5, 5.41) is 54.9. The summed E-state index contributed by atoms with van der Waals surface area (Å²) >= 11 is 0. The van der Waals surface area contributed by atoms with Crippen LogP contribution in [-0.4, -0.2) is 68.3 Å². The Morgan fingerprint density at radius 2 is 0.911 bits per heavy atom. The molecule has 0 aromatic rings. The van der Waals surface area contributed by atoms with Crippen LogP contribution in [0.1, 0.15) is 201 Å². The van der Waals surface area contributed by atoms with Crippen molar-refractivity contribution in [1.29, 1.82) is 0 Å². The van der Waals surface area contributed by atoms with Crippen molar-refractivity contribution in [1.82, 2.24) is 0 Å². The number of rotatable bonds is 30. The lowest BCUT2D eigenvalue weighted by Gasteiger charge is -2.50. The molecule has 6 nitrogen and oxygen atoms in total. The first-order chi connectivity index (χ1) is 21.7. The van der Waals surface area contributed by atoms with E-state index in [1.165, 1.54) is 89.9 Å². The van der Waals surface area contributed by atoms with Crippen LogP contribution in [-0.2, 0) is 4.74 Å². The lowest BCUT2D eigenvalue weighted by molar-refractivity contribution is -0.253. The second-order valence-corrected chi connectivity index (χ2v) is 14.8. The molecule has 1 heterocycles. The maximum Gasteiger partial charge on any atom is 0.111 e. The van der Waals surface area contributed by atoms with Gasteiger partial charge in [0.25, 0.3) is 0 Å². The first-order valence-electron chi connectivity index (χ1n) is 19.8. The van der Waals surface area contributed by atoms with Crippen LogP contribution in [0.25, 0.3) is 0 Å². The lowest BCUT2D eigenvalue weighted by atomic mass is 9.66. The Balaban J connectivity index is 2.81. The average molecular weight is 643 g/mol. The monoisotopic (exact) mass is 643 g/mol. The molecule has 0 amide bonds. The maximum atomic E-state index is 11.4. The molecular formula is C39H78O6. The summed E-state index contributed by atoms with van der Waals surface area (Å²) in [6, 6.07) is 0. The van der Waals surface area contributed by atoms with Gasteiger partial charge >= 0.3 is 0 Å². The summed E-state index contributed by atoms with van der Waals surface area (Å²) in [5.41, 5.74) is -0.581. The van der Waals surface area contributed by atoms with E-state index in [1.807, 2.05) is 0 Å². The Hall–Kier alpha value is -0.240. The molecule has 6 heteroatoms. The second-order valence-electron chi connectivity index (χ2n) is 14.8. The molecule has 1 rings (SSSR count). The van der Waals surface area contributed by atoms with Crippen LogP contribution in [0.3, 0.4) is 0 Å². The zero-order valence-corrected chi connectivity index (χ0v) is 30.3. The number of hydrogen-bond acceptors (Lipinski definition) is 6. The highest BCUT2D eigenvalue weighted by Gasteiger charge is 2.51. The van der Waals surface area contributed by atoms with E-state index in [-0.39, 0.29) is 0 Å². The van der Waals surface area contributed by atoms with Crippen molar-refractivity contribution in [2.24, 2.45) is 5.41 Å². The van der Waals surface area contributed by atoms with Gasteiger partial charge in [0, 0.05) is 5.41 Å². The average Bonchev–Trinajstić information content (AvgIpc) is 3.02. The molecule has 0 saturated carbocycles. The van der Waals surface area contributed by atoms with Crippen molar-refractivity contribution in [3.63, 3.8) is 0 Å². The Labute approximate surface area is 279 Å². The van der Waals surface area contributed by atoms with E-state index < -0.39 is 48.1 Å². The van der Waals surface area contributed by atoms with Crippen LogP contribution >= 0.6 is 0 Å². The predicted octanol–water partition coefficient (Wildman–Crippen LogP) is 9.16. The lowest BCUT2D eigenvalue weighted by Crippen LogP contribution is -2.62. The highest BCUT2D eigenvalue weighted by Crippen LogP contribution is 2.46. The number of hydrogen-bond donors (Lipinski definition) is 5. The molecule has 1 fully saturated rings. The minimum atomic E-state index is -1.29. The summed E-state index contributed by atoms with van der Waals surface area (Å²) in [6.45, 7) is 8.42. The predicted molar refractivity (Wildman–Crippen MR) is 188 cm³/mol. The van der Waals surface area contributed by atoms with Crippen LogP contribution in [0.4, 0.5) is 0 Å². The molecule has 1 saturated heterocycles. The van der Waals surface area contributed by atoms with Crippen LogP contribution in [0.5, 0.6) is 0 Å². The molecule has 4 unspecified atom stereocenters. The van der Waals surface area contributed by atoms with Crippen molar-refractivity contribution in [2.45, 2.75) is 244 Å². The quantitative estimate of drug-likeness (QED) is 0.0500.